The summed E-state index contributed by atoms with van der Waals surface area (Å²) in [4.78, 5) is 10.9. The van der Waals surface area contributed by atoms with Crippen molar-refractivity contribution in [2.45, 2.75) is 0 Å². The first-order valence-corrected chi connectivity index (χ1v) is 5.37. The number of primary amides is 1. The fourth-order valence-corrected chi connectivity index (χ4v) is 1.51. The lowest BCUT2D eigenvalue weighted by Gasteiger charge is -2.06. The molecule has 0 fully saturated rings. The van der Waals surface area contributed by atoms with E-state index in [0.29, 0.717) is 11.3 Å². The summed E-state index contributed by atoms with van der Waals surface area (Å²) in [5.74, 6) is -0.463. The number of amides is 1. The molecular formula is C14H9FN2O2. The Balaban J connectivity index is 2.24. The van der Waals surface area contributed by atoms with E-state index in [4.69, 9.17) is 15.7 Å². The molecule has 0 radical (unpaired) electrons. The molecule has 2 N–H and O–H groups in total. The van der Waals surface area contributed by atoms with Crippen molar-refractivity contribution in [1.29, 1.82) is 5.26 Å². The van der Waals surface area contributed by atoms with Gasteiger partial charge in [0.05, 0.1) is 11.6 Å². The van der Waals surface area contributed by atoms with Crippen LogP contribution in [0.25, 0.3) is 0 Å². The van der Waals surface area contributed by atoms with Crippen molar-refractivity contribution in [2.24, 2.45) is 5.73 Å². The first-order chi connectivity index (χ1) is 9.08. The number of carbonyl (C=O) groups is 1. The van der Waals surface area contributed by atoms with E-state index in [2.05, 4.69) is 0 Å². The van der Waals surface area contributed by atoms with Gasteiger partial charge in [0.25, 0.3) is 0 Å². The van der Waals surface area contributed by atoms with Crippen molar-refractivity contribution in [3.63, 3.8) is 0 Å². The molecular weight excluding hydrogens is 247 g/mol. The molecule has 0 heterocycles. The first-order valence-electron chi connectivity index (χ1n) is 5.37. The van der Waals surface area contributed by atoms with Gasteiger partial charge in [-0.25, -0.2) is 4.39 Å². The first kappa shape index (κ1) is 12.6. The van der Waals surface area contributed by atoms with Crippen LogP contribution in [-0.4, -0.2) is 5.91 Å². The fraction of sp³-hybridized carbons (Fsp3) is 0. The van der Waals surface area contributed by atoms with Gasteiger partial charge in [0.15, 0.2) is 0 Å². The second-order valence-electron chi connectivity index (χ2n) is 3.78. The Morgan fingerprint density at radius 2 is 1.84 bits per heavy atom. The van der Waals surface area contributed by atoms with Crippen molar-refractivity contribution in [1.82, 2.24) is 0 Å². The van der Waals surface area contributed by atoms with Gasteiger partial charge in [0.1, 0.15) is 17.3 Å². The van der Waals surface area contributed by atoms with Crippen molar-refractivity contribution in [3.8, 4) is 17.6 Å². The van der Waals surface area contributed by atoms with Gasteiger partial charge in [-0.2, -0.15) is 5.26 Å². The van der Waals surface area contributed by atoms with Gasteiger partial charge < -0.3 is 10.5 Å². The Labute approximate surface area is 108 Å². The van der Waals surface area contributed by atoms with E-state index >= 15 is 0 Å². The number of hydrogen-bond acceptors (Lipinski definition) is 3. The number of hydrogen-bond donors (Lipinski definition) is 1. The van der Waals surface area contributed by atoms with Gasteiger partial charge in [0, 0.05) is 11.6 Å². The predicted octanol–water partition coefficient (Wildman–Crippen LogP) is 2.59. The SMILES string of the molecule is N#Cc1cc(F)cc(Oc2ccc(C(N)=O)cc2)c1. The Hall–Kier alpha value is -2.87. The lowest BCUT2D eigenvalue weighted by atomic mass is 10.2. The smallest absolute Gasteiger partial charge is 0.248 e. The molecule has 5 heteroatoms. The number of benzene rings is 2. The lowest BCUT2D eigenvalue weighted by Crippen LogP contribution is -2.10. The lowest BCUT2D eigenvalue weighted by molar-refractivity contribution is 0.100. The predicted molar refractivity (Wildman–Crippen MR) is 66.1 cm³/mol. The van der Waals surface area contributed by atoms with Crippen LogP contribution in [0.4, 0.5) is 4.39 Å². The van der Waals surface area contributed by atoms with Gasteiger partial charge in [-0.05, 0) is 36.4 Å². The van der Waals surface area contributed by atoms with Crippen LogP contribution in [0.3, 0.4) is 0 Å². The second-order valence-corrected chi connectivity index (χ2v) is 3.78. The number of rotatable bonds is 3. The Kier molecular flexibility index (Phi) is 3.44. The zero-order chi connectivity index (χ0) is 13.8. The minimum absolute atomic E-state index is 0.170. The Morgan fingerprint density at radius 1 is 1.16 bits per heavy atom. The summed E-state index contributed by atoms with van der Waals surface area (Å²) in [5.41, 5.74) is 5.63. The minimum Gasteiger partial charge on any atom is -0.457 e. The third-order valence-corrected chi connectivity index (χ3v) is 2.37. The standard InChI is InChI=1S/C14H9FN2O2/c15-11-5-9(8-16)6-13(7-11)19-12-3-1-10(2-4-12)14(17)18/h1-7H,(H2,17,18). The largest absolute Gasteiger partial charge is 0.457 e. The number of halogens is 1. The van der Waals surface area contributed by atoms with Crippen molar-refractivity contribution < 1.29 is 13.9 Å². The molecule has 2 aromatic rings. The van der Waals surface area contributed by atoms with Crippen LogP contribution >= 0.6 is 0 Å². The number of nitrogens with zero attached hydrogens (tertiary/aromatic N) is 1. The summed E-state index contributed by atoms with van der Waals surface area (Å²) in [6.45, 7) is 0. The van der Waals surface area contributed by atoms with Crippen LogP contribution in [0.5, 0.6) is 11.5 Å². The molecule has 0 bridgehead atoms. The van der Waals surface area contributed by atoms with Gasteiger partial charge in [-0.3, -0.25) is 4.79 Å². The maximum atomic E-state index is 13.2. The highest BCUT2D eigenvalue weighted by Gasteiger charge is 2.04. The van der Waals surface area contributed by atoms with Crippen LogP contribution in [-0.2, 0) is 0 Å². The molecule has 0 aliphatic rings. The number of carbonyl (C=O) groups excluding carboxylic acids is 1. The van der Waals surface area contributed by atoms with E-state index in [1.165, 1.54) is 36.4 Å². The Bertz CT molecular complexity index is 660. The molecule has 0 aromatic heterocycles. The average molecular weight is 256 g/mol. The zero-order valence-corrected chi connectivity index (χ0v) is 9.76. The van der Waals surface area contributed by atoms with Crippen molar-refractivity contribution in [3.05, 3.63) is 59.4 Å². The normalized spacial score (nSPS) is 9.68. The van der Waals surface area contributed by atoms with Crippen LogP contribution in [0.2, 0.25) is 0 Å². The fourth-order valence-electron chi connectivity index (χ4n) is 1.51. The molecule has 4 nitrogen and oxygen atoms in total. The van der Waals surface area contributed by atoms with E-state index in [1.54, 1.807) is 0 Å². The van der Waals surface area contributed by atoms with E-state index in [9.17, 15) is 9.18 Å². The second kappa shape index (κ2) is 5.19. The highest BCUT2D eigenvalue weighted by molar-refractivity contribution is 5.92. The Morgan fingerprint density at radius 3 is 2.42 bits per heavy atom. The summed E-state index contributed by atoms with van der Waals surface area (Å²) in [5, 5.41) is 8.73. The molecule has 0 aliphatic carbocycles. The van der Waals surface area contributed by atoms with E-state index < -0.39 is 11.7 Å². The molecule has 0 unspecified atom stereocenters. The van der Waals surface area contributed by atoms with Crippen LogP contribution < -0.4 is 10.5 Å². The summed E-state index contributed by atoms with van der Waals surface area (Å²) < 4.78 is 18.6. The van der Waals surface area contributed by atoms with Crippen LogP contribution in [0.15, 0.2) is 42.5 Å². The molecule has 0 saturated heterocycles. The third-order valence-electron chi connectivity index (χ3n) is 2.37. The summed E-state index contributed by atoms with van der Waals surface area (Å²) in [6, 6.07) is 11.6. The number of nitriles is 1. The third kappa shape index (κ3) is 3.07. The molecule has 2 aromatic carbocycles. The molecule has 0 atom stereocenters. The molecule has 19 heavy (non-hydrogen) atoms. The minimum atomic E-state index is -0.553. The quantitative estimate of drug-likeness (QED) is 0.916. The molecule has 1 amide bonds. The topological polar surface area (TPSA) is 76.1 Å². The van der Waals surface area contributed by atoms with Gasteiger partial charge >= 0.3 is 0 Å². The van der Waals surface area contributed by atoms with E-state index in [1.807, 2.05) is 6.07 Å². The van der Waals surface area contributed by atoms with Crippen molar-refractivity contribution in [2.75, 3.05) is 0 Å². The van der Waals surface area contributed by atoms with Gasteiger partial charge in [-0.1, -0.05) is 0 Å². The number of ether oxygens (including phenoxy) is 1. The molecule has 0 aliphatic heterocycles. The van der Waals surface area contributed by atoms with Crippen molar-refractivity contribution >= 4 is 5.91 Å². The molecule has 94 valence electrons. The summed E-state index contributed by atoms with van der Waals surface area (Å²) >= 11 is 0. The summed E-state index contributed by atoms with van der Waals surface area (Å²) in [7, 11) is 0. The summed E-state index contributed by atoms with van der Waals surface area (Å²) in [6.07, 6.45) is 0. The van der Waals surface area contributed by atoms with Gasteiger partial charge in [-0.15, -0.1) is 0 Å². The highest BCUT2D eigenvalue weighted by Crippen LogP contribution is 2.23. The molecule has 0 saturated carbocycles. The van der Waals surface area contributed by atoms with Crippen LogP contribution in [0, 0.1) is 17.1 Å². The monoisotopic (exact) mass is 256 g/mol. The number of nitrogens with two attached hydrogens (primary N) is 1. The van der Waals surface area contributed by atoms with Gasteiger partial charge in [0.2, 0.25) is 5.91 Å². The molecule has 0 spiro atoms. The average Bonchev–Trinajstić information content (AvgIpc) is 2.38. The van der Waals surface area contributed by atoms with Crippen LogP contribution in [0.1, 0.15) is 15.9 Å². The van der Waals surface area contributed by atoms with E-state index in [-0.39, 0.29) is 11.3 Å². The molecule has 2 rings (SSSR count). The highest BCUT2D eigenvalue weighted by atomic mass is 19.1. The maximum absolute atomic E-state index is 13.2. The zero-order valence-electron chi connectivity index (χ0n) is 9.76. The van der Waals surface area contributed by atoms with E-state index in [0.717, 1.165) is 6.07 Å². The maximum Gasteiger partial charge on any atom is 0.248 e.